The molecule has 5 nitrogen and oxygen atoms in total. The highest BCUT2D eigenvalue weighted by molar-refractivity contribution is 9.10. The third kappa shape index (κ3) is 3.23. The van der Waals surface area contributed by atoms with Crippen molar-refractivity contribution in [1.82, 2.24) is 4.98 Å². The topological polar surface area (TPSA) is 79.3 Å². The predicted molar refractivity (Wildman–Crippen MR) is 81.0 cm³/mol. The number of halogens is 2. The molecule has 1 aromatic heterocycles. The molecule has 0 aliphatic rings. The SMILES string of the molecule is O=C(Nc1c(Br)cccc1C(=O)O)c1ccc(Br)cn1. The molecular formula is C13H8Br2N2O3. The minimum absolute atomic E-state index is 0.00448. The molecule has 0 bridgehead atoms. The molecule has 7 heteroatoms. The molecule has 0 saturated carbocycles. The van der Waals surface area contributed by atoms with Gasteiger partial charge in [-0.1, -0.05) is 6.07 Å². The summed E-state index contributed by atoms with van der Waals surface area (Å²) in [6, 6.07) is 7.87. The lowest BCUT2D eigenvalue weighted by molar-refractivity contribution is 0.0698. The zero-order chi connectivity index (χ0) is 14.7. The summed E-state index contributed by atoms with van der Waals surface area (Å²) in [5, 5.41) is 11.7. The molecule has 0 fully saturated rings. The van der Waals surface area contributed by atoms with Gasteiger partial charge < -0.3 is 10.4 Å². The molecule has 0 unspecified atom stereocenters. The fourth-order valence-electron chi connectivity index (χ4n) is 1.52. The number of carbonyl (C=O) groups excluding carboxylic acids is 1. The highest BCUT2D eigenvalue weighted by Crippen LogP contribution is 2.27. The number of rotatable bonds is 3. The van der Waals surface area contributed by atoms with Gasteiger partial charge in [-0.05, 0) is 56.1 Å². The number of aromatic carboxylic acids is 1. The van der Waals surface area contributed by atoms with Crippen LogP contribution in [0.4, 0.5) is 5.69 Å². The molecule has 0 aliphatic carbocycles. The number of amides is 1. The summed E-state index contributed by atoms with van der Waals surface area (Å²) in [7, 11) is 0. The highest BCUT2D eigenvalue weighted by atomic mass is 79.9. The first kappa shape index (κ1) is 14.7. The van der Waals surface area contributed by atoms with Crippen LogP contribution in [0.25, 0.3) is 0 Å². The average molecular weight is 400 g/mol. The summed E-state index contributed by atoms with van der Waals surface area (Å²) in [4.78, 5) is 27.1. The van der Waals surface area contributed by atoms with Crippen molar-refractivity contribution in [2.75, 3.05) is 5.32 Å². The van der Waals surface area contributed by atoms with Crippen molar-refractivity contribution in [1.29, 1.82) is 0 Å². The van der Waals surface area contributed by atoms with E-state index >= 15 is 0 Å². The second-order valence-corrected chi connectivity index (χ2v) is 5.55. The Labute approximate surface area is 131 Å². The zero-order valence-electron chi connectivity index (χ0n) is 9.93. The molecule has 0 saturated heterocycles. The molecule has 20 heavy (non-hydrogen) atoms. The number of carbonyl (C=O) groups is 2. The van der Waals surface area contributed by atoms with Crippen molar-refractivity contribution in [3.8, 4) is 0 Å². The summed E-state index contributed by atoms with van der Waals surface area (Å²) >= 11 is 6.45. The van der Waals surface area contributed by atoms with E-state index < -0.39 is 11.9 Å². The molecular weight excluding hydrogens is 392 g/mol. The van der Waals surface area contributed by atoms with Crippen LogP contribution in [0, 0.1) is 0 Å². The standard InChI is InChI=1S/C13H8Br2N2O3/c14-7-4-5-10(16-6-7)12(18)17-11-8(13(19)20)2-1-3-9(11)15/h1-6H,(H,17,18)(H,19,20). The zero-order valence-corrected chi connectivity index (χ0v) is 13.1. The van der Waals surface area contributed by atoms with E-state index in [-0.39, 0.29) is 16.9 Å². The molecule has 102 valence electrons. The fraction of sp³-hybridized carbons (Fsp3) is 0. The molecule has 1 amide bonds. The number of carboxylic acid groups (broad SMARTS) is 1. The largest absolute Gasteiger partial charge is 0.478 e. The van der Waals surface area contributed by atoms with E-state index in [9.17, 15) is 9.59 Å². The van der Waals surface area contributed by atoms with Crippen LogP contribution in [0.3, 0.4) is 0 Å². The molecule has 1 heterocycles. The third-order valence-electron chi connectivity index (χ3n) is 2.44. The number of nitrogens with one attached hydrogen (secondary N) is 1. The number of nitrogens with zero attached hydrogens (tertiary/aromatic N) is 1. The molecule has 0 aliphatic heterocycles. The van der Waals surface area contributed by atoms with Gasteiger partial charge in [-0.2, -0.15) is 0 Å². The molecule has 0 spiro atoms. The molecule has 1 aromatic carbocycles. The van der Waals surface area contributed by atoms with Gasteiger partial charge in [0.15, 0.2) is 0 Å². The molecule has 0 radical (unpaired) electrons. The maximum absolute atomic E-state index is 12.0. The first-order valence-corrected chi connectivity index (χ1v) is 7.02. The summed E-state index contributed by atoms with van der Waals surface area (Å²) in [6.45, 7) is 0. The molecule has 2 N–H and O–H groups in total. The first-order valence-electron chi connectivity index (χ1n) is 5.44. The van der Waals surface area contributed by atoms with Crippen LogP contribution in [0.2, 0.25) is 0 Å². The minimum atomic E-state index is -1.12. The summed E-state index contributed by atoms with van der Waals surface area (Å²) in [6.07, 6.45) is 1.49. The molecule has 0 atom stereocenters. The lowest BCUT2D eigenvalue weighted by atomic mass is 10.1. The Hall–Kier alpha value is -1.73. The third-order valence-corrected chi connectivity index (χ3v) is 3.57. The first-order chi connectivity index (χ1) is 9.49. The van der Waals surface area contributed by atoms with Crippen LogP contribution >= 0.6 is 31.9 Å². The van der Waals surface area contributed by atoms with E-state index in [4.69, 9.17) is 5.11 Å². The molecule has 2 rings (SSSR count). The monoisotopic (exact) mass is 398 g/mol. The Bertz CT molecular complexity index is 672. The lowest BCUT2D eigenvalue weighted by Crippen LogP contribution is -2.16. The van der Waals surface area contributed by atoms with Crippen molar-refractivity contribution < 1.29 is 14.7 Å². The smallest absolute Gasteiger partial charge is 0.337 e. The van der Waals surface area contributed by atoms with Crippen LogP contribution in [0.15, 0.2) is 45.5 Å². The predicted octanol–water partition coefficient (Wildman–Crippen LogP) is 3.56. The van der Waals surface area contributed by atoms with Gasteiger partial charge in [0.2, 0.25) is 0 Å². The van der Waals surface area contributed by atoms with Gasteiger partial charge in [-0.15, -0.1) is 0 Å². The van der Waals surface area contributed by atoms with Crippen molar-refractivity contribution in [3.05, 3.63) is 56.7 Å². The average Bonchev–Trinajstić information content (AvgIpc) is 2.41. The second kappa shape index (κ2) is 6.15. The number of benzene rings is 1. The lowest BCUT2D eigenvalue weighted by Gasteiger charge is -2.10. The van der Waals surface area contributed by atoms with Crippen molar-refractivity contribution in [3.63, 3.8) is 0 Å². The van der Waals surface area contributed by atoms with E-state index in [1.807, 2.05) is 0 Å². The maximum atomic E-state index is 12.0. The van der Waals surface area contributed by atoms with Crippen LogP contribution in [0.1, 0.15) is 20.8 Å². The fourth-order valence-corrected chi connectivity index (χ4v) is 2.22. The van der Waals surface area contributed by atoms with E-state index in [0.29, 0.717) is 4.47 Å². The summed E-state index contributed by atoms with van der Waals surface area (Å²) in [5.74, 6) is -1.60. The number of pyridine rings is 1. The van der Waals surface area contributed by atoms with Gasteiger partial charge in [0.05, 0.1) is 11.3 Å². The van der Waals surface area contributed by atoms with Crippen LogP contribution in [-0.2, 0) is 0 Å². The normalized spacial score (nSPS) is 10.1. The van der Waals surface area contributed by atoms with Crippen molar-refractivity contribution in [2.45, 2.75) is 0 Å². The van der Waals surface area contributed by atoms with Crippen LogP contribution in [-0.4, -0.2) is 22.0 Å². The Morgan fingerprint density at radius 3 is 2.50 bits per heavy atom. The van der Waals surface area contributed by atoms with Gasteiger partial charge in [0.25, 0.3) is 5.91 Å². The minimum Gasteiger partial charge on any atom is -0.478 e. The second-order valence-electron chi connectivity index (χ2n) is 3.78. The number of hydrogen-bond acceptors (Lipinski definition) is 3. The van der Waals surface area contributed by atoms with Gasteiger partial charge in [-0.25, -0.2) is 9.78 Å². The van der Waals surface area contributed by atoms with Crippen molar-refractivity contribution in [2.24, 2.45) is 0 Å². The van der Waals surface area contributed by atoms with Gasteiger partial charge in [-0.3, -0.25) is 4.79 Å². The van der Waals surface area contributed by atoms with E-state index in [2.05, 4.69) is 42.2 Å². The maximum Gasteiger partial charge on any atom is 0.337 e. The van der Waals surface area contributed by atoms with Crippen LogP contribution < -0.4 is 5.32 Å². The summed E-state index contributed by atoms with van der Waals surface area (Å²) in [5.41, 5.74) is 0.403. The van der Waals surface area contributed by atoms with Gasteiger partial charge in [0, 0.05) is 15.1 Å². The van der Waals surface area contributed by atoms with E-state index in [1.54, 1.807) is 18.2 Å². The number of anilines is 1. The summed E-state index contributed by atoms with van der Waals surface area (Å²) < 4.78 is 1.24. The highest BCUT2D eigenvalue weighted by Gasteiger charge is 2.16. The number of para-hydroxylation sites is 1. The quantitative estimate of drug-likeness (QED) is 0.826. The Kier molecular flexibility index (Phi) is 4.51. The van der Waals surface area contributed by atoms with Gasteiger partial charge in [0.1, 0.15) is 5.69 Å². The van der Waals surface area contributed by atoms with Crippen LogP contribution in [0.5, 0.6) is 0 Å². The van der Waals surface area contributed by atoms with Gasteiger partial charge >= 0.3 is 5.97 Å². The van der Waals surface area contributed by atoms with E-state index in [1.165, 1.54) is 18.3 Å². The number of aromatic nitrogens is 1. The van der Waals surface area contributed by atoms with Crippen molar-refractivity contribution >= 4 is 49.4 Å². The Balaban J connectivity index is 2.32. The van der Waals surface area contributed by atoms with E-state index in [0.717, 1.165) is 4.47 Å². The Morgan fingerprint density at radius 1 is 1.15 bits per heavy atom. The molecule has 2 aromatic rings. The number of hydrogen-bond donors (Lipinski definition) is 2. The number of carboxylic acids is 1. The Morgan fingerprint density at radius 2 is 1.90 bits per heavy atom.